The van der Waals surface area contributed by atoms with Crippen molar-refractivity contribution in [2.75, 3.05) is 11.4 Å². The van der Waals surface area contributed by atoms with E-state index < -0.39 is 6.10 Å². The monoisotopic (exact) mass is 263 g/mol. The Kier molecular flexibility index (Phi) is 4.10. The van der Waals surface area contributed by atoms with Crippen molar-refractivity contribution in [3.8, 4) is 5.75 Å². The molecule has 1 atom stereocenters. The van der Waals surface area contributed by atoms with Gasteiger partial charge >= 0.3 is 0 Å². The standard InChI is InChI=1S/C15H21NO3/c1-4-13-15(18)16(8-10(2)3)12-6-5-11(9-17)7-14(12)19-13/h5-7,10,13,17H,4,8-9H2,1-3H3. The summed E-state index contributed by atoms with van der Waals surface area (Å²) in [7, 11) is 0. The van der Waals surface area contributed by atoms with Crippen LogP contribution in [-0.4, -0.2) is 23.7 Å². The molecule has 0 saturated heterocycles. The normalized spacial score (nSPS) is 18.5. The van der Waals surface area contributed by atoms with Crippen molar-refractivity contribution in [3.63, 3.8) is 0 Å². The zero-order chi connectivity index (χ0) is 14.0. The first-order valence-corrected chi connectivity index (χ1v) is 6.78. The molecule has 0 saturated carbocycles. The Morgan fingerprint density at radius 1 is 1.42 bits per heavy atom. The third kappa shape index (κ3) is 2.73. The van der Waals surface area contributed by atoms with Crippen molar-refractivity contribution in [3.05, 3.63) is 23.8 Å². The van der Waals surface area contributed by atoms with Crippen LogP contribution in [0.1, 0.15) is 32.8 Å². The third-order valence-corrected chi connectivity index (χ3v) is 3.23. The Labute approximate surface area is 114 Å². The summed E-state index contributed by atoms with van der Waals surface area (Å²) in [5.74, 6) is 1.11. The largest absolute Gasteiger partial charge is 0.478 e. The van der Waals surface area contributed by atoms with Gasteiger partial charge in [-0.15, -0.1) is 0 Å². The van der Waals surface area contributed by atoms with Crippen molar-refractivity contribution < 1.29 is 14.6 Å². The minimum atomic E-state index is -0.416. The second kappa shape index (κ2) is 5.61. The molecular formula is C15H21NO3. The molecule has 0 aromatic heterocycles. The fourth-order valence-electron chi connectivity index (χ4n) is 2.28. The van der Waals surface area contributed by atoms with Gasteiger partial charge in [0.1, 0.15) is 5.75 Å². The highest BCUT2D eigenvalue weighted by Gasteiger charge is 2.33. The number of fused-ring (bicyclic) bond motifs is 1. The highest BCUT2D eigenvalue weighted by molar-refractivity contribution is 6.00. The highest BCUT2D eigenvalue weighted by atomic mass is 16.5. The molecule has 104 valence electrons. The van der Waals surface area contributed by atoms with E-state index in [0.717, 1.165) is 11.3 Å². The van der Waals surface area contributed by atoms with Crippen molar-refractivity contribution in [1.82, 2.24) is 0 Å². The van der Waals surface area contributed by atoms with E-state index in [1.807, 2.05) is 25.1 Å². The predicted molar refractivity (Wildman–Crippen MR) is 74.3 cm³/mol. The van der Waals surface area contributed by atoms with E-state index in [4.69, 9.17) is 4.74 Å². The number of benzene rings is 1. The van der Waals surface area contributed by atoms with Crippen molar-refractivity contribution >= 4 is 11.6 Å². The summed E-state index contributed by atoms with van der Waals surface area (Å²) in [5, 5.41) is 9.19. The first kappa shape index (κ1) is 13.9. The number of ether oxygens (including phenoxy) is 1. The number of aliphatic hydroxyl groups is 1. The number of nitrogens with zero attached hydrogens (tertiary/aromatic N) is 1. The van der Waals surface area contributed by atoms with Crippen molar-refractivity contribution in [2.24, 2.45) is 5.92 Å². The van der Waals surface area contributed by atoms with E-state index in [9.17, 15) is 9.90 Å². The van der Waals surface area contributed by atoms with Gasteiger partial charge in [-0.05, 0) is 30.0 Å². The van der Waals surface area contributed by atoms with E-state index >= 15 is 0 Å². The molecule has 1 amide bonds. The quantitative estimate of drug-likeness (QED) is 0.907. The zero-order valence-corrected chi connectivity index (χ0v) is 11.7. The molecule has 0 bridgehead atoms. The van der Waals surface area contributed by atoms with Gasteiger partial charge in [0.05, 0.1) is 12.3 Å². The minimum Gasteiger partial charge on any atom is -0.478 e. The van der Waals surface area contributed by atoms with E-state index in [2.05, 4.69) is 13.8 Å². The molecule has 1 aliphatic rings. The third-order valence-electron chi connectivity index (χ3n) is 3.23. The summed E-state index contributed by atoms with van der Waals surface area (Å²) < 4.78 is 5.75. The predicted octanol–water partition coefficient (Wildman–Crippen LogP) is 2.34. The molecule has 0 fully saturated rings. The molecule has 19 heavy (non-hydrogen) atoms. The average molecular weight is 263 g/mol. The van der Waals surface area contributed by atoms with Gasteiger partial charge in [0.25, 0.3) is 5.91 Å². The summed E-state index contributed by atoms with van der Waals surface area (Å²) in [4.78, 5) is 14.2. The summed E-state index contributed by atoms with van der Waals surface area (Å²) in [6.07, 6.45) is 0.233. The van der Waals surface area contributed by atoms with Gasteiger partial charge in [0, 0.05) is 6.54 Å². The van der Waals surface area contributed by atoms with Crippen LogP contribution in [-0.2, 0) is 11.4 Å². The van der Waals surface area contributed by atoms with Gasteiger partial charge in [-0.2, -0.15) is 0 Å². The van der Waals surface area contributed by atoms with E-state index in [1.54, 1.807) is 4.90 Å². The van der Waals surface area contributed by atoms with Gasteiger partial charge in [0.2, 0.25) is 0 Å². The van der Waals surface area contributed by atoms with Gasteiger partial charge in [0.15, 0.2) is 6.10 Å². The molecule has 1 unspecified atom stereocenters. The van der Waals surface area contributed by atoms with Crippen molar-refractivity contribution in [2.45, 2.75) is 39.9 Å². The lowest BCUT2D eigenvalue weighted by molar-refractivity contribution is -0.126. The molecule has 4 heteroatoms. The summed E-state index contributed by atoms with van der Waals surface area (Å²) in [6.45, 7) is 6.78. The van der Waals surface area contributed by atoms with Crippen LogP contribution in [0.5, 0.6) is 5.75 Å². The maximum absolute atomic E-state index is 12.4. The van der Waals surface area contributed by atoms with Gasteiger partial charge in [-0.3, -0.25) is 4.79 Å². The second-order valence-corrected chi connectivity index (χ2v) is 5.32. The van der Waals surface area contributed by atoms with Crippen LogP contribution in [0.3, 0.4) is 0 Å². The fourth-order valence-corrected chi connectivity index (χ4v) is 2.28. The van der Waals surface area contributed by atoms with E-state index in [-0.39, 0.29) is 12.5 Å². The molecule has 1 aromatic carbocycles. The number of hydrogen-bond acceptors (Lipinski definition) is 3. The van der Waals surface area contributed by atoms with Crippen molar-refractivity contribution in [1.29, 1.82) is 0 Å². The first-order chi connectivity index (χ1) is 9.06. The molecule has 1 heterocycles. The molecule has 4 nitrogen and oxygen atoms in total. The molecule has 0 radical (unpaired) electrons. The van der Waals surface area contributed by atoms with Gasteiger partial charge < -0.3 is 14.7 Å². The number of amides is 1. The van der Waals surface area contributed by atoms with Crippen LogP contribution in [0, 0.1) is 5.92 Å². The lowest BCUT2D eigenvalue weighted by Gasteiger charge is -2.35. The van der Waals surface area contributed by atoms with E-state index in [0.29, 0.717) is 24.6 Å². The summed E-state index contributed by atoms with van der Waals surface area (Å²) in [6, 6.07) is 5.50. The average Bonchev–Trinajstić information content (AvgIpc) is 2.40. The summed E-state index contributed by atoms with van der Waals surface area (Å²) >= 11 is 0. The second-order valence-electron chi connectivity index (χ2n) is 5.32. The maximum Gasteiger partial charge on any atom is 0.268 e. The molecule has 0 aliphatic carbocycles. The Morgan fingerprint density at radius 2 is 2.16 bits per heavy atom. The minimum absolute atomic E-state index is 0.0223. The Hall–Kier alpha value is -1.55. The Balaban J connectivity index is 2.41. The van der Waals surface area contributed by atoms with Crippen LogP contribution in [0.15, 0.2) is 18.2 Å². The number of hydrogen-bond donors (Lipinski definition) is 1. The van der Waals surface area contributed by atoms with Crippen LogP contribution in [0.25, 0.3) is 0 Å². The van der Waals surface area contributed by atoms with Crippen LogP contribution in [0.4, 0.5) is 5.69 Å². The zero-order valence-electron chi connectivity index (χ0n) is 11.7. The SMILES string of the molecule is CCC1Oc2cc(CO)ccc2N(CC(C)C)C1=O. The number of anilines is 1. The van der Waals surface area contributed by atoms with E-state index in [1.165, 1.54) is 0 Å². The fraction of sp³-hybridized carbons (Fsp3) is 0.533. The number of carbonyl (C=O) groups is 1. The molecular weight excluding hydrogens is 242 g/mol. The molecule has 1 aromatic rings. The molecule has 2 rings (SSSR count). The topological polar surface area (TPSA) is 49.8 Å². The molecule has 1 aliphatic heterocycles. The number of carbonyl (C=O) groups excluding carboxylic acids is 1. The first-order valence-electron chi connectivity index (χ1n) is 6.78. The lowest BCUT2D eigenvalue weighted by atomic mass is 10.1. The number of aliphatic hydroxyl groups excluding tert-OH is 1. The van der Waals surface area contributed by atoms with Gasteiger partial charge in [-0.25, -0.2) is 0 Å². The molecule has 0 spiro atoms. The maximum atomic E-state index is 12.4. The van der Waals surface area contributed by atoms with Crippen LogP contribution < -0.4 is 9.64 Å². The highest BCUT2D eigenvalue weighted by Crippen LogP contribution is 2.36. The van der Waals surface area contributed by atoms with Gasteiger partial charge in [-0.1, -0.05) is 26.8 Å². The number of rotatable bonds is 4. The smallest absolute Gasteiger partial charge is 0.268 e. The molecule has 1 N–H and O–H groups in total. The van der Waals surface area contributed by atoms with Crippen LogP contribution >= 0.6 is 0 Å². The van der Waals surface area contributed by atoms with Crippen LogP contribution in [0.2, 0.25) is 0 Å². The summed E-state index contributed by atoms with van der Waals surface area (Å²) in [5.41, 5.74) is 1.60. The Morgan fingerprint density at radius 3 is 2.74 bits per heavy atom. The Bertz CT molecular complexity index is 470. The lowest BCUT2D eigenvalue weighted by Crippen LogP contribution is -2.47.